The molecule has 2 unspecified atom stereocenters. The third kappa shape index (κ3) is 3.54. The van der Waals surface area contributed by atoms with Gasteiger partial charge in [-0.05, 0) is 54.2 Å². The molecule has 0 aromatic heterocycles. The maximum absolute atomic E-state index is 13.7. The summed E-state index contributed by atoms with van der Waals surface area (Å²) in [4.78, 5) is 14.4. The van der Waals surface area contributed by atoms with Gasteiger partial charge in [0.25, 0.3) is 0 Å². The number of nitrogens with zero attached hydrogens (tertiary/aromatic N) is 1. The smallest absolute Gasteiger partial charge is 0.410 e. The average molecular weight is 416 g/mol. The van der Waals surface area contributed by atoms with Crippen molar-refractivity contribution in [3.8, 4) is 0 Å². The van der Waals surface area contributed by atoms with Crippen molar-refractivity contribution in [2.45, 2.75) is 38.0 Å². The van der Waals surface area contributed by atoms with E-state index in [1.165, 1.54) is 6.07 Å². The van der Waals surface area contributed by atoms with E-state index in [1.54, 1.807) is 6.07 Å². The number of rotatable bonds is 3. The maximum atomic E-state index is 13.7. The molecule has 2 aliphatic rings. The second-order valence-electron chi connectivity index (χ2n) is 6.80. The van der Waals surface area contributed by atoms with E-state index in [9.17, 15) is 9.18 Å². The van der Waals surface area contributed by atoms with Crippen molar-refractivity contribution in [3.05, 3.63) is 76.0 Å². The molecule has 26 heavy (non-hydrogen) atoms. The van der Waals surface area contributed by atoms with Gasteiger partial charge in [-0.15, -0.1) is 0 Å². The van der Waals surface area contributed by atoms with Crippen LogP contribution in [-0.2, 0) is 11.3 Å². The molecule has 1 amide bonds. The Morgan fingerprint density at radius 3 is 2.73 bits per heavy atom. The summed E-state index contributed by atoms with van der Waals surface area (Å²) in [6.07, 6.45) is 4.42. The minimum absolute atomic E-state index is 0.0223. The van der Waals surface area contributed by atoms with Crippen LogP contribution >= 0.6 is 15.9 Å². The van der Waals surface area contributed by atoms with Crippen molar-refractivity contribution in [1.82, 2.24) is 4.90 Å². The molecule has 0 aliphatic carbocycles. The Bertz CT molecular complexity index is 832. The zero-order valence-electron chi connectivity index (χ0n) is 14.2. The summed E-state index contributed by atoms with van der Waals surface area (Å²) in [6.45, 7) is 0.281. The molecule has 2 heterocycles. The topological polar surface area (TPSA) is 29.5 Å². The molecule has 0 N–H and O–H groups in total. The molecular weight excluding hydrogens is 397 g/mol. The molecule has 2 aromatic rings. The Morgan fingerprint density at radius 2 is 2.00 bits per heavy atom. The highest BCUT2D eigenvalue weighted by molar-refractivity contribution is 9.10. The molecule has 2 aromatic carbocycles. The molecule has 0 saturated carbocycles. The van der Waals surface area contributed by atoms with Crippen molar-refractivity contribution < 1.29 is 13.9 Å². The molecule has 1 fully saturated rings. The standard InChI is InChI=1S/C21H19BrFNO2/c22-17-8-15(9-18(23)12-17)16-10-19-6-7-20(11-16)24(19)21(25)26-13-14-4-2-1-3-5-14/h1-5,8-10,12,19-20H,6-7,11,13H2. The predicted molar refractivity (Wildman–Crippen MR) is 102 cm³/mol. The van der Waals surface area contributed by atoms with Gasteiger partial charge in [-0.25, -0.2) is 9.18 Å². The number of benzene rings is 2. The van der Waals surface area contributed by atoms with Crippen LogP contribution in [0.4, 0.5) is 9.18 Å². The fourth-order valence-corrected chi connectivity index (χ4v) is 4.33. The lowest BCUT2D eigenvalue weighted by atomic mass is 9.95. The molecule has 0 spiro atoms. The number of fused-ring (bicyclic) bond motifs is 2. The monoisotopic (exact) mass is 415 g/mol. The van der Waals surface area contributed by atoms with E-state index in [-0.39, 0.29) is 30.6 Å². The predicted octanol–water partition coefficient (Wildman–Crippen LogP) is 5.55. The van der Waals surface area contributed by atoms with Gasteiger partial charge in [0.2, 0.25) is 0 Å². The van der Waals surface area contributed by atoms with Gasteiger partial charge in [-0.1, -0.05) is 52.3 Å². The molecule has 0 radical (unpaired) electrons. The summed E-state index contributed by atoms with van der Waals surface area (Å²) in [6, 6.07) is 14.8. The Hall–Kier alpha value is -2.14. The summed E-state index contributed by atoms with van der Waals surface area (Å²) < 4.78 is 20.0. The van der Waals surface area contributed by atoms with E-state index in [0.29, 0.717) is 0 Å². The van der Waals surface area contributed by atoms with Gasteiger partial charge >= 0.3 is 6.09 Å². The Labute approximate surface area is 160 Å². The van der Waals surface area contributed by atoms with Crippen LogP contribution in [0.25, 0.3) is 5.57 Å². The molecule has 2 aliphatic heterocycles. The van der Waals surface area contributed by atoms with Gasteiger partial charge in [-0.2, -0.15) is 0 Å². The maximum Gasteiger partial charge on any atom is 0.410 e. The van der Waals surface area contributed by atoms with Crippen LogP contribution in [0.15, 0.2) is 59.1 Å². The van der Waals surface area contributed by atoms with Crippen molar-refractivity contribution in [1.29, 1.82) is 0 Å². The van der Waals surface area contributed by atoms with Crippen LogP contribution in [0.3, 0.4) is 0 Å². The lowest BCUT2D eigenvalue weighted by molar-refractivity contribution is 0.0832. The van der Waals surface area contributed by atoms with Crippen LogP contribution in [0.1, 0.15) is 30.4 Å². The number of carbonyl (C=O) groups is 1. The van der Waals surface area contributed by atoms with Crippen molar-refractivity contribution in [3.63, 3.8) is 0 Å². The first-order valence-corrected chi connectivity index (χ1v) is 9.55. The van der Waals surface area contributed by atoms with Crippen LogP contribution < -0.4 is 0 Å². The van der Waals surface area contributed by atoms with E-state index in [1.807, 2.05) is 41.3 Å². The van der Waals surface area contributed by atoms with E-state index in [4.69, 9.17) is 4.74 Å². The van der Waals surface area contributed by atoms with Crippen LogP contribution in [0.5, 0.6) is 0 Å². The second-order valence-corrected chi connectivity index (χ2v) is 7.72. The van der Waals surface area contributed by atoms with Crippen LogP contribution in [-0.4, -0.2) is 23.1 Å². The van der Waals surface area contributed by atoms with Gasteiger partial charge in [0.15, 0.2) is 0 Å². The summed E-state index contributed by atoms with van der Waals surface area (Å²) in [5.41, 5.74) is 2.96. The van der Waals surface area contributed by atoms with Crippen LogP contribution in [0.2, 0.25) is 0 Å². The first kappa shape index (κ1) is 17.3. The van der Waals surface area contributed by atoms with Gasteiger partial charge in [-0.3, -0.25) is 4.90 Å². The number of hydrogen-bond acceptors (Lipinski definition) is 2. The molecule has 4 rings (SSSR count). The normalized spacial score (nSPS) is 21.5. The Morgan fingerprint density at radius 1 is 1.19 bits per heavy atom. The first-order chi connectivity index (χ1) is 12.6. The van der Waals surface area contributed by atoms with Gasteiger partial charge in [0, 0.05) is 10.5 Å². The number of halogens is 2. The summed E-state index contributed by atoms with van der Waals surface area (Å²) >= 11 is 3.35. The third-order valence-electron chi connectivity index (χ3n) is 5.04. The first-order valence-electron chi connectivity index (χ1n) is 8.76. The zero-order chi connectivity index (χ0) is 18.1. The SMILES string of the molecule is O=C(OCc1ccccc1)N1C2C=C(c3cc(F)cc(Br)c3)CC1CC2. The number of amides is 1. The summed E-state index contributed by atoms with van der Waals surface area (Å²) in [5, 5.41) is 0. The molecule has 1 saturated heterocycles. The van der Waals surface area contributed by atoms with E-state index in [0.717, 1.165) is 40.4 Å². The zero-order valence-corrected chi connectivity index (χ0v) is 15.8. The van der Waals surface area contributed by atoms with E-state index >= 15 is 0 Å². The molecular formula is C21H19BrFNO2. The fraction of sp³-hybridized carbons (Fsp3) is 0.286. The molecule has 134 valence electrons. The second kappa shape index (κ2) is 7.23. The van der Waals surface area contributed by atoms with E-state index in [2.05, 4.69) is 22.0 Å². The lowest BCUT2D eigenvalue weighted by Crippen LogP contribution is -2.43. The van der Waals surface area contributed by atoms with Crippen molar-refractivity contribution in [2.24, 2.45) is 0 Å². The molecule has 3 nitrogen and oxygen atoms in total. The van der Waals surface area contributed by atoms with E-state index < -0.39 is 0 Å². The Balaban J connectivity index is 1.48. The van der Waals surface area contributed by atoms with Gasteiger partial charge in [0.05, 0.1) is 6.04 Å². The highest BCUT2D eigenvalue weighted by Crippen LogP contribution is 2.39. The summed E-state index contributed by atoms with van der Waals surface area (Å²) in [7, 11) is 0. The average Bonchev–Trinajstić information content (AvgIpc) is 2.89. The van der Waals surface area contributed by atoms with Crippen molar-refractivity contribution in [2.75, 3.05) is 0 Å². The minimum Gasteiger partial charge on any atom is -0.445 e. The molecule has 2 atom stereocenters. The van der Waals surface area contributed by atoms with Gasteiger partial charge < -0.3 is 4.74 Å². The number of carbonyl (C=O) groups excluding carboxylic acids is 1. The number of ether oxygens (including phenoxy) is 1. The number of hydrogen-bond donors (Lipinski definition) is 0. The largest absolute Gasteiger partial charge is 0.445 e. The third-order valence-corrected chi connectivity index (χ3v) is 5.50. The van der Waals surface area contributed by atoms with Crippen LogP contribution in [0, 0.1) is 5.82 Å². The molecule has 2 bridgehead atoms. The fourth-order valence-electron chi connectivity index (χ4n) is 3.86. The minimum atomic E-state index is -0.267. The lowest BCUT2D eigenvalue weighted by Gasteiger charge is -2.33. The molecule has 5 heteroatoms. The highest BCUT2D eigenvalue weighted by Gasteiger charge is 2.40. The highest BCUT2D eigenvalue weighted by atomic mass is 79.9. The Kier molecular flexibility index (Phi) is 4.81. The quantitative estimate of drug-likeness (QED) is 0.657. The summed E-state index contributed by atoms with van der Waals surface area (Å²) in [5.74, 6) is -0.257. The van der Waals surface area contributed by atoms with Crippen molar-refractivity contribution >= 4 is 27.6 Å². The van der Waals surface area contributed by atoms with Gasteiger partial charge in [0.1, 0.15) is 12.4 Å².